The fraction of sp³-hybridized carbons (Fsp3) is 0.133. The molecule has 0 heterocycles. The number of benzene rings is 2. The lowest BCUT2D eigenvalue weighted by Crippen LogP contribution is -2.09. The minimum atomic E-state index is -0.972. The molecule has 2 aromatic carbocycles. The van der Waals surface area contributed by atoms with Gasteiger partial charge >= 0.3 is 5.97 Å². The third kappa shape index (κ3) is 4.75. The number of hydrogen-bond donors (Lipinski definition) is 1. The lowest BCUT2D eigenvalue weighted by Gasteiger charge is -2.10. The second-order valence-electron chi connectivity index (χ2n) is 4.10. The van der Waals surface area contributed by atoms with Gasteiger partial charge < -0.3 is 14.6 Å². The van der Waals surface area contributed by atoms with Crippen molar-refractivity contribution in [1.82, 2.24) is 0 Å². The molecule has 0 unspecified atom stereocenters. The SMILES string of the molecule is O=C(O)c1ccc(OCCOc2cccc(Br)c2)c(Br)c1. The molecular weight excluding hydrogens is 404 g/mol. The Kier molecular flexibility index (Phi) is 5.64. The zero-order valence-corrected chi connectivity index (χ0v) is 14.1. The van der Waals surface area contributed by atoms with Crippen molar-refractivity contribution in [3.8, 4) is 11.5 Å². The first-order valence-corrected chi connectivity index (χ1v) is 7.69. The molecule has 6 heteroatoms. The molecule has 21 heavy (non-hydrogen) atoms. The first kappa shape index (κ1) is 15.9. The van der Waals surface area contributed by atoms with Crippen molar-refractivity contribution in [2.24, 2.45) is 0 Å². The summed E-state index contributed by atoms with van der Waals surface area (Å²) < 4.78 is 12.6. The molecule has 2 aromatic rings. The van der Waals surface area contributed by atoms with Crippen LogP contribution in [0.4, 0.5) is 0 Å². The number of rotatable bonds is 6. The van der Waals surface area contributed by atoms with Crippen LogP contribution in [0.3, 0.4) is 0 Å². The maximum absolute atomic E-state index is 10.8. The second kappa shape index (κ2) is 7.47. The highest BCUT2D eigenvalue weighted by atomic mass is 79.9. The Labute approximate surface area is 139 Å². The largest absolute Gasteiger partial charge is 0.490 e. The van der Waals surface area contributed by atoms with Gasteiger partial charge in [0, 0.05) is 4.47 Å². The van der Waals surface area contributed by atoms with E-state index in [2.05, 4.69) is 31.9 Å². The quantitative estimate of drug-likeness (QED) is 0.711. The normalized spacial score (nSPS) is 10.2. The second-order valence-corrected chi connectivity index (χ2v) is 5.87. The van der Waals surface area contributed by atoms with Gasteiger partial charge in [0.15, 0.2) is 0 Å². The van der Waals surface area contributed by atoms with Crippen molar-refractivity contribution in [3.63, 3.8) is 0 Å². The molecule has 0 aliphatic carbocycles. The van der Waals surface area contributed by atoms with Crippen molar-refractivity contribution in [2.75, 3.05) is 13.2 Å². The zero-order chi connectivity index (χ0) is 15.2. The molecule has 2 rings (SSSR count). The van der Waals surface area contributed by atoms with Crippen LogP contribution in [0, 0.1) is 0 Å². The fourth-order valence-corrected chi connectivity index (χ4v) is 2.49. The monoisotopic (exact) mass is 414 g/mol. The molecule has 0 bridgehead atoms. The highest BCUT2D eigenvalue weighted by molar-refractivity contribution is 9.10. The van der Waals surface area contributed by atoms with Crippen LogP contribution in [-0.4, -0.2) is 24.3 Å². The van der Waals surface area contributed by atoms with E-state index in [1.54, 1.807) is 6.07 Å². The Morgan fingerprint density at radius 1 is 1.05 bits per heavy atom. The van der Waals surface area contributed by atoms with Crippen LogP contribution < -0.4 is 9.47 Å². The minimum absolute atomic E-state index is 0.208. The molecule has 110 valence electrons. The summed E-state index contributed by atoms with van der Waals surface area (Å²) in [5.74, 6) is 0.367. The molecule has 1 N–H and O–H groups in total. The van der Waals surface area contributed by atoms with Crippen LogP contribution in [0.1, 0.15) is 10.4 Å². The molecule has 0 aliphatic rings. The van der Waals surface area contributed by atoms with Gasteiger partial charge in [-0.15, -0.1) is 0 Å². The predicted molar refractivity (Wildman–Crippen MR) is 86.2 cm³/mol. The van der Waals surface area contributed by atoms with E-state index in [4.69, 9.17) is 14.6 Å². The Morgan fingerprint density at radius 3 is 2.48 bits per heavy atom. The molecule has 0 radical (unpaired) electrons. The molecular formula is C15H12Br2O4. The summed E-state index contributed by atoms with van der Waals surface area (Å²) in [4.78, 5) is 10.8. The number of carbonyl (C=O) groups is 1. The van der Waals surface area contributed by atoms with Crippen LogP contribution in [0.2, 0.25) is 0 Å². The fourth-order valence-electron chi connectivity index (χ4n) is 1.62. The molecule has 0 fully saturated rings. The van der Waals surface area contributed by atoms with Gasteiger partial charge in [0.2, 0.25) is 0 Å². The van der Waals surface area contributed by atoms with E-state index in [0.717, 1.165) is 10.2 Å². The molecule has 0 amide bonds. The number of halogens is 2. The first-order valence-electron chi connectivity index (χ1n) is 6.10. The van der Waals surface area contributed by atoms with Crippen LogP contribution in [0.5, 0.6) is 11.5 Å². The van der Waals surface area contributed by atoms with E-state index in [-0.39, 0.29) is 5.56 Å². The Balaban J connectivity index is 1.85. The third-order valence-electron chi connectivity index (χ3n) is 2.58. The number of hydrogen-bond acceptors (Lipinski definition) is 3. The van der Waals surface area contributed by atoms with Crippen LogP contribution in [-0.2, 0) is 0 Å². The maximum atomic E-state index is 10.8. The summed E-state index contributed by atoms with van der Waals surface area (Å²) >= 11 is 6.66. The van der Waals surface area contributed by atoms with E-state index in [1.165, 1.54) is 12.1 Å². The number of aromatic carboxylic acids is 1. The summed E-state index contributed by atoms with van der Waals surface area (Å²) in [5.41, 5.74) is 0.208. The molecule has 0 saturated carbocycles. The van der Waals surface area contributed by atoms with Crippen molar-refractivity contribution in [2.45, 2.75) is 0 Å². The molecule has 0 saturated heterocycles. The average molecular weight is 416 g/mol. The van der Waals surface area contributed by atoms with E-state index in [0.29, 0.717) is 23.4 Å². The third-order valence-corrected chi connectivity index (χ3v) is 3.70. The first-order chi connectivity index (χ1) is 10.1. The average Bonchev–Trinajstić information content (AvgIpc) is 2.45. The van der Waals surface area contributed by atoms with Gasteiger partial charge in [0.25, 0.3) is 0 Å². The highest BCUT2D eigenvalue weighted by Gasteiger charge is 2.07. The Hall–Kier alpha value is -1.53. The van der Waals surface area contributed by atoms with E-state index in [9.17, 15) is 4.79 Å². The Bertz CT molecular complexity index is 643. The van der Waals surface area contributed by atoms with Crippen molar-refractivity contribution >= 4 is 37.8 Å². The highest BCUT2D eigenvalue weighted by Crippen LogP contribution is 2.26. The molecule has 0 aromatic heterocycles. The van der Waals surface area contributed by atoms with Crippen molar-refractivity contribution in [1.29, 1.82) is 0 Å². The van der Waals surface area contributed by atoms with Crippen LogP contribution in [0.15, 0.2) is 51.4 Å². The minimum Gasteiger partial charge on any atom is -0.490 e. The molecule has 0 spiro atoms. The van der Waals surface area contributed by atoms with Crippen molar-refractivity contribution < 1.29 is 19.4 Å². The standard InChI is InChI=1S/C15H12Br2O4/c16-11-2-1-3-12(9-11)20-6-7-21-14-5-4-10(15(18)19)8-13(14)17/h1-5,8-9H,6-7H2,(H,18,19). The van der Waals surface area contributed by atoms with Crippen LogP contribution in [0.25, 0.3) is 0 Å². The summed E-state index contributed by atoms with van der Waals surface area (Å²) in [6.45, 7) is 0.751. The topological polar surface area (TPSA) is 55.8 Å². The molecule has 0 atom stereocenters. The summed E-state index contributed by atoms with van der Waals surface area (Å²) in [6.07, 6.45) is 0. The van der Waals surface area contributed by atoms with E-state index in [1.807, 2.05) is 24.3 Å². The number of carboxylic acid groups (broad SMARTS) is 1. The lowest BCUT2D eigenvalue weighted by molar-refractivity contribution is 0.0696. The van der Waals surface area contributed by atoms with Gasteiger partial charge in [-0.25, -0.2) is 4.79 Å². The Morgan fingerprint density at radius 2 is 1.81 bits per heavy atom. The van der Waals surface area contributed by atoms with E-state index >= 15 is 0 Å². The van der Waals surface area contributed by atoms with Crippen LogP contribution >= 0.6 is 31.9 Å². The number of ether oxygens (including phenoxy) is 2. The van der Waals surface area contributed by atoms with E-state index < -0.39 is 5.97 Å². The number of carboxylic acids is 1. The van der Waals surface area contributed by atoms with Gasteiger partial charge in [-0.3, -0.25) is 0 Å². The smallest absolute Gasteiger partial charge is 0.335 e. The molecule has 0 aliphatic heterocycles. The lowest BCUT2D eigenvalue weighted by atomic mass is 10.2. The van der Waals surface area contributed by atoms with Gasteiger partial charge in [-0.1, -0.05) is 22.0 Å². The summed E-state index contributed by atoms with van der Waals surface area (Å²) in [6, 6.07) is 12.2. The van der Waals surface area contributed by atoms with Crippen molar-refractivity contribution in [3.05, 3.63) is 57.0 Å². The van der Waals surface area contributed by atoms with Gasteiger partial charge in [0.1, 0.15) is 24.7 Å². The zero-order valence-electron chi connectivity index (χ0n) is 10.9. The van der Waals surface area contributed by atoms with Gasteiger partial charge in [-0.2, -0.15) is 0 Å². The summed E-state index contributed by atoms with van der Waals surface area (Å²) in [5, 5.41) is 8.88. The summed E-state index contributed by atoms with van der Waals surface area (Å²) in [7, 11) is 0. The predicted octanol–water partition coefficient (Wildman–Crippen LogP) is 4.37. The van der Waals surface area contributed by atoms with Gasteiger partial charge in [-0.05, 0) is 52.3 Å². The van der Waals surface area contributed by atoms with Gasteiger partial charge in [0.05, 0.1) is 10.0 Å². The maximum Gasteiger partial charge on any atom is 0.335 e. The molecule has 4 nitrogen and oxygen atoms in total.